The molecule has 4 heteroatoms. The van der Waals surface area contributed by atoms with Gasteiger partial charge in [-0.25, -0.2) is 4.98 Å². The molecule has 3 aromatic rings. The van der Waals surface area contributed by atoms with Crippen LogP contribution < -0.4 is 5.32 Å². The van der Waals surface area contributed by atoms with Gasteiger partial charge < -0.3 is 5.32 Å². The highest BCUT2D eigenvalue weighted by Gasteiger charge is 2.17. The molecule has 0 unspecified atom stereocenters. The third-order valence-electron chi connectivity index (χ3n) is 3.29. The monoisotopic (exact) mass is 297 g/mol. The van der Waals surface area contributed by atoms with Gasteiger partial charge in [-0.15, -0.1) is 11.3 Å². The Hall–Kier alpha value is -1.94. The van der Waals surface area contributed by atoms with Crippen LogP contribution in [0.3, 0.4) is 0 Å². The van der Waals surface area contributed by atoms with E-state index in [2.05, 4.69) is 48.2 Å². The second-order valence-corrected chi connectivity index (χ2v) is 7.23. The number of hydrogen-bond donors (Lipinski definition) is 1. The minimum atomic E-state index is 0.117. The molecule has 2 aromatic heterocycles. The SMILES string of the molecule is CC(C)(C)c1ncc(CNc2cccc3ncccc23)s1. The molecule has 3 nitrogen and oxygen atoms in total. The van der Waals surface area contributed by atoms with E-state index in [1.165, 1.54) is 9.88 Å². The van der Waals surface area contributed by atoms with Crippen LogP contribution in [-0.2, 0) is 12.0 Å². The van der Waals surface area contributed by atoms with Crippen molar-refractivity contribution in [1.82, 2.24) is 9.97 Å². The minimum absolute atomic E-state index is 0.117. The molecular weight excluding hydrogens is 278 g/mol. The smallest absolute Gasteiger partial charge is 0.0981 e. The highest BCUT2D eigenvalue weighted by Crippen LogP contribution is 2.28. The number of rotatable bonds is 3. The molecule has 1 N–H and O–H groups in total. The highest BCUT2D eigenvalue weighted by molar-refractivity contribution is 7.11. The molecule has 0 fully saturated rings. The highest BCUT2D eigenvalue weighted by atomic mass is 32.1. The number of benzene rings is 1. The number of anilines is 1. The fourth-order valence-electron chi connectivity index (χ4n) is 2.18. The van der Waals surface area contributed by atoms with Gasteiger partial charge in [0.25, 0.3) is 0 Å². The van der Waals surface area contributed by atoms with Gasteiger partial charge in [0.15, 0.2) is 0 Å². The van der Waals surface area contributed by atoms with Crippen LogP contribution in [0, 0.1) is 0 Å². The summed E-state index contributed by atoms with van der Waals surface area (Å²) in [5.74, 6) is 0. The number of pyridine rings is 1. The summed E-state index contributed by atoms with van der Waals surface area (Å²) in [4.78, 5) is 10.2. The number of aromatic nitrogens is 2. The number of nitrogens with one attached hydrogen (secondary N) is 1. The molecule has 0 aliphatic rings. The second-order valence-electron chi connectivity index (χ2n) is 6.11. The Kier molecular flexibility index (Phi) is 3.64. The van der Waals surface area contributed by atoms with E-state index >= 15 is 0 Å². The Morgan fingerprint density at radius 3 is 2.71 bits per heavy atom. The van der Waals surface area contributed by atoms with Gasteiger partial charge in [-0.3, -0.25) is 4.98 Å². The van der Waals surface area contributed by atoms with Gasteiger partial charge in [-0.2, -0.15) is 0 Å². The first-order valence-corrected chi connectivity index (χ1v) is 7.88. The summed E-state index contributed by atoms with van der Waals surface area (Å²) in [5.41, 5.74) is 2.25. The molecule has 0 bridgehead atoms. The third-order valence-corrected chi connectivity index (χ3v) is 4.72. The summed E-state index contributed by atoms with van der Waals surface area (Å²) in [6.45, 7) is 7.37. The summed E-state index contributed by atoms with van der Waals surface area (Å²) >= 11 is 1.78. The molecule has 0 saturated heterocycles. The van der Waals surface area contributed by atoms with E-state index in [0.717, 1.165) is 23.1 Å². The van der Waals surface area contributed by atoms with Crippen molar-refractivity contribution < 1.29 is 0 Å². The molecule has 2 heterocycles. The lowest BCUT2D eigenvalue weighted by Gasteiger charge is -2.13. The van der Waals surface area contributed by atoms with E-state index in [0.29, 0.717) is 0 Å². The average Bonchev–Trinajstić information content (AvgIpc) is 2.94. The number of hydrogen-bond acceptors (Lipinski definition) is 4. The van der Waals surface area contributed by atoms with Crippen LogP contribution in [-0.4, -0.2) is 9.97 Å². The Bertz CT molecular complexity index is 751. The predicted molar refractivity (Wildman–Crippen MR) is 89.9 cm³/mol. The van der Waals surface area contributed by atoms with Crippen LogP contribution in [0.5, 0.6) is 0 Å². The molecule has 0 aliphatic heterocycles. The first-order valence-electron chi connectivity index (χ1n) is 7.07. The normalized spacial score (nSPS) is 11.8. The van der Waals surface area contributed by atoms with Crippen molar-refractivity contribution >= 4 is 27.9 Å². The van der Waals surface area contributed by atoms with E-state index < -0.39 is 0 Å². The largest absolute Gasteiger partial charge is 0.380 e. The van der Waals surface area contributed by atoms with Gasteiger partial charge in [-0.05, 0) is 24.3 Å². The Labute approximate surface area is 129 Å². The van der Waals surface area contributed by atoms with E-state index in [1.807, 2.05) is 30.6 Å². The molecule has 0 saturated carbocycles. The first kappa shape index (κ1) is 14.0. The van der Waals surface area contributed by atoms with Gasteiger partial charge in [0.1, 0.15) is 0 Å². The zero-order valence-corrected chi connectivity index (χ0v) is 13.4. The molecule has 0 spiro atoms. The zero-order valence-electron chi connectivity index (χ0n) is 12.6. The lowest BCUT2D eigenvalue weighted by atomic mass is 9.98. The molecule has 21 heavy (non-hydrogen) atoms. The summed E-state index contributed by atoms with van der Waals surface area (Å²) in [6, 6.07) is 10.2. The fourth-order valence-corrected chi connectivity index (χ4v) is 3.09. The Morgan fingerprint density at radius 2 is 1.95 bits per heavy atom. The van der Waals surface area contributed by atoms with Crippen molar-refractivity contribution in [2.75, 3.05) is 5.32 Å². The van der Waals surface area contributed by atoms with E-state index in [1.54, 1.807) is 11.3 Å². The Morgan fingerprint density at radius 1 is 1.10 bits per heavy atom. The van der Waals surface area contributed by atoms with Crippen molar-refractivity contribution in [1.29, 1.82) is 0 Å². The van der Waals surface area contributed by atoms with Crippen molar-refractivity contribution in [3.05, 3.63) is 52.6 Å². The second kappa shape index (κ2) is 5.45. The zero-order chi connectivity index (χ0) is 14.9. The molecule has 108 valence electrons. The summed E-state index contributed by atoms with van der Waals surface area (Å²) < 4.78 is 0. The molecule has 1 aromatic carbocycles. The van der Waals surface area contributed by atoms with Crippen molar-refractivity contribution in [3.63, 3.8) is 0 Å². The van der Waals surface area contributed by atoms with Crippen LogP contribution in [0.4, 0.5) is 5.69 Å². The van der Waals surface area contributed by atoms with Gasteiger partial charge in [0.05, 0.1) is 17.1 Å². The molecule has 3 rings (SSSR count). The summed E-state index contributed by atoms with van der Waals surface area (Å²) in [6.07, 6.45) is 3.80. The van der Waals surface area contributed by atoms with Crippen LogP contribution in [0.2, 0.25) is 0 Å². The lowest BCUT2D eigenvalue weighted by Crippen LogP contribution is -2.09. The fraction of sp³-hybridized carbons (Fsp3) is 0.294. The summed E-state index contributed by atoms with van der Waals surface area (Å²) in [5, 5.41) is 5.83. The number of nitrogens with zero attached hydrogens (tertiary/aromatic N) is 2. The number of fused-ring (bicyclic) bond motifs is 1. The molecular formula is C17H19N3S. The van der Waals surface area contributed by atoms with Gasteiger partial charge in [0, 0.05) is 33.8 Å². The van der Waals surface area contributed by atoms with E-state index in [4.69, 9.17) is 0 Å². The maximum absolute atomic E-state index is 4.53. The molecule has 0 radical (unpaired) electrons. The van der Waals surface area contributed by atoms with Crippen LogP contribution >= 0.6 is 11.3 Å². The maximum atomic E-state index is 4.53. The molecule has 0 aliphatic carbocycles. The molecule has 0 amide bonds. The number of thiazole rings is 1. The Balaban J connectivity index is 1.79. The topological polar surface area (TPSA) is 37.8 Å². The summed E-state index contributed by atoms with van der Waals surface area (Å²) in [7, 11) is 0. The van der Waals surface area contributed by atoms with Crippen LogP contribution in [0.1, 0.15) is 30.7 Å². The minimum Gasteiger partial charge on any atom is -0.380 e. The van der Waals surface area contributed by atoms with E-state index in [9.17, 15) is 0 Å². The van der Waals surface area contributed by atoms with Crippen LogP contribution in [0.15, 0.2) is 42.7 Å². The van der Waals surface area contributed by atoms with Crippen molar-refractivity contribution in [2.45, 2.75) is 32.7 Å². The third kappa shape index (κ3) is 3.05. The average molecular weight is 297 g/mol. The van der Waals surface area contributed by atoms with Gasteiger partial charge in [-0.1, -0.05) is 26.8 Å². The van der Waals surface area contributed by atoms with Gasteiger partial charge >= 0.3 is 0 Å². The van der Waals surface area contributed by atoms with Crippen LogP contribution in [0.25, 0.3) is 10.9 Å². The maximum Gasteiger partial charge on any atom is 0.0981 e. The van der Waals surface area contributed by atoms with Crippen molar-refractivity contribution in [3.8, 4) is 0 Å². The molecule has 0 atom stereocenters. The lowest BCUT2D eigenvalue weighted by molar-refractivity contribution is 0.585. The van der Waals surface area contributed by atoms with Crippen molar-refractivity contribution in [2.24, 2.45) is 0 Å². The first-order chi connectivity index (χ1) is 10.0. The standard InChI is InChI=1S/C17H19N3S/c1-17(2,3)16-20-11-12(21-16)10-19-15-8-4-7-14-13(15)6-5-9-18-14/h4-9,11,19H,10H2,1-3H3. The predicted octanol–water partition coefficient (Wildman–Crippen LogP) is 4.60. The quantitative estimate of drug-likeness (QED) is 0.767. The van der Waals surface area contributed by atoms with E-state index in [-0.39, 0.29) is 5.41 Å². The van der Waals surface area contributed by atoms with Gasteiger partial charge in [0.2, 0.25) is 0 Å².